The number of fused-ring (bicyclic) bond motifs is 1. The summed E-state index contributed by atoms with van der Waals surface area (Å²) in [6.07, 6.45) is -7.74. The summed E-state index contributed by atoms with van der Waals surface area (Å²) in [6, 6.07) is 6.23. The van der Waals surface area contributed by atoms with Gasteiger partial charge in [-0.15, -0.1) is 23.4 Å². The predicted octanol–water partition coefficient (Wildman–Crippen LogP) is 3.64. The first-order chi connectivity index (χ1) is 11.8. The molecule has 0 aliphatic heterocycles. The lowest BCUT2D eigenvalue weighted by Gasteiger charge is -2.13. The lowest BCUT2D eigenvalue weighted by atomic mass is 10.1. The minimum atomic E-state index is -4.85. The highest BCUT2D eigenvalue weighted by molar-refractivity contribution is 5.69. The third kappa shape index (κ3) is 3.44. The van der Waals surface area contributed by atoms with E-state index in [9.17, 15) is 22.0 Å². The van der Waals surface area contributed by atoms with Crippen LogP contribution in [-0.4, -0.2) is 33.3 Å². The Morgan fingerprint density at radius 1 is 1.08 bits per heavy atom. The van der Waals surface area contributed by atoms with Crippen molar-refractivity contribution in [2.24, 2.45) is 0 Å². The molecule has 2 aromatic heterocycles. The Balaban J connectivity index is 2.06. The molecule has 6 nitrogen and oxygen atoms in total. The second-order valence-electron chi connectivity index (χ2n) is 4.76. The molecule has 0 amide bonds. The smallest absolute Gasteiger partial charge is 0.496 e. The summed E-state index contributed by atoms with van der Waals surface area (Å²) in [7, 11) is 1.25. The van der Waals surface area contributed by atoms with E-state index in [0.29, 0.717) is 0 Å². The molecule has 11 heteroatoms. The Bertz CT molecular complexity index is 910. The van der Waals surface area contributed by atoms with Gasteiger partial charge in [0.05, 0.1) is 12.8 Å². The summed E-state index contributed by atoms with van der Waals surface area (Å²) in [5.41, 5.74) is 0.576. The standard InChI is InChI=1S/C14H9F5N4O2/c1-24-10-6-7(25-14(17,18)19)2-3-8(10)9-4-5-11-20-21-13(12(15)16)23(11)22-9/h2-6,12H,1H3. The van der Waals surface area contributed by atoms with Gasteiger partial charge in [0.25, 0.3) is 6.43 Å². The van der Waals surface area contributed by atoms with E-state index >= 15 is 0 Å². The van der Waals surface area contributed by atoms with Crippen LogP contribution >= 0.6 is 0 Å². The van der Waals surface area contributed by atoms with Gasteiger partial charge in [0.2, 0.25) is 5.82 Å². The zero-order valence-electron chi connectivity index (χ0n) is 12.5. The Kier molecular flexibility index (Phi) is 4.15. The Morgan fingerprint density at radius 2 is 1.84 bits per heavy atom. The van der Waals surface area contributed by atoms with Crippen LogP contribution in [0.4, 0.5) is 22.0 Å². The van der Waals surface area contributed by atoms with Gasteiger partial charge in [0, 0.05) is 11.6 Å². The Labute approximate surface area is 136 Å². The number of benzene rings is 1. The number of rotatable bonds is 4. The fraction of sp³-hybridized carbons (Fsp3) is 0.214. The van der Waals surface area contributed by atoms with E-state index in [1.807, 2.05) is 0 Å². The van der Waals surface area contributed by atoms with Crippen LogP contribution in [0.3, 0.4) is 0 Å². The molecule has 3 aromatic rings. The van der Waals surface area contributed by atoms with Gasteiger partial charge >= 0.3 is 6.36 Å². The number of nitrogens with zero attached hydrogens (tertiary/aromatic N) is 4. The summed E-state index contributed by atoms with van der Waals surface area (Å²) in [4.78, 5) is 0. The van der Waals surface area contributed by atoms with Gasteiger partial charge in [0.15, 0.2) is 5.65 Å². The molecule has 0 saturated carbocycles. The summed E-state index contributed by atoms with van der Waals surface area (Å²) >= 11 is 0. The number of hydrogen-bond donors (Lipinski definition) is 0. The number of hydrogen-bond acceptors (Lipinski definition) is 5. The molecule has 0 bridgehead atoms. The van der Waals surface area contributed by atoms with Crippen LogP contribution in [0.25, 0.3) is 16.9 Å². The van der Waals surface area contributed by atoms with Gasteiger partial charge in [-0.25, -0.2) is 8.78 Å². The monoisotopic (exact) mass is 360 g/mol. The Hall–Kier alpha value is -2.98. The molecule has 0 spiro atoms. The van der Waals surface area contributed by atoms with Crippen molar-refractivity contribution in [2.45, 2.75) is 12.8 Å². The lowest BCUT2D eigenvalue weighted by molar-refractivity contribution is -0.274. The van der Waals surface area contributed by atoms with Crippen LogP contribution in [0, 0.1) is 0 Å². The number of aromatic nitrogens is 4. The molecule has 3 rings (SSSR count). The van der Waals surface area contributed by atoms with Gasteiger partial charge in [-0.1, -0.05) is 0 Å². The van der Waals surface area contributed by atoms with Crippen LogP contribution in [0.1, 0.15) is 12.2 Å². The third-order valence-electron chi connectivity index (χ3n) is 3.16. The SMILES string of the molecule is COc1cc(OC(F)(F)F)ccc1-c1ccc2nnc(C(F)F)n2n1. The van der Waals surface area contributed by atoms with Crippen LogP contribution in [0.15, 0.2) is 30.3 Å². The van der Waals surface area contributed by atoms with Crippen molar-refractivity contribution >= 4 is 5.65 Å². The molecule has 25 heavy (non-hydrogen) atoms. The maximum Gasteiger partial charge on any atom is 0.573 e. The zero-order valence-corrected chi connectivity index (χ0v) is 12.5. The first kappa shape index (κ1) is 16.9. The fourth-order valence-electron chi connectivity index (χ4n) is 2.17. The molecule has 0 aliphatic carbocycles. The van der Waals surface area contributed by atoms with E-state index in [2.05, 4.69) is 20.0 Å². The maximum atomic E-state index is 12.9. The minimum absolute atomic E-state index is 0.0280. The highest BCUT2D eigenvalue weighted by Crippen LogP contribution is 2.34. The second kappa shape index (κ2) is 6.15. The van der Waals surface area contributed by atoms with Crippen LogP contribution in [0.2, 0.25) is 0 Å². The van der Waals surface area contributed by atoms with E-state index in [0.717, 1.165) is 16.6 Å². The summed E-state index contributed by atoms with van der Waals surface area (Å²) in [5.74, 6) is -1.10. The average Bonchev–Trinajstić information content (AvgIpc) is 2.96. The normalized spacial score (nSPS) is 12.0. The van der Waals surface area contributed by atoms with Gasteiger partial charge < -0.3 is 9.47 Å². The highest BCUT2D eigenvalue weighted by Gasteiger charge is 2.31. The number of halogens is 5. The molecule has 0 atom stereocenters. The van der Waals surface area contributed by atoms with E-state index in [1.54, 1.807) is 0 Å². The molecule has 0 saturated heterocycles. The molecule has 0 N–H and O–H groups in total. The molecule has 2 heterocycles. The Morgan fingerprint density at radius 3 is 2.48 bits per heavy atom. The van der Waals surface area contributed by atoms with Crippen molar-refractivity contribution in [1.29, 1.82) is 0 Å². The summed E-state index contributed by atoms with van der Waals surface area (Å²) < 4.78 is 72.4. The number of alkyl halides is 5. The minimum Gasteiger partial charge on any atom is -0.496 e. The molecule has 0 radical (unpaired) electrons. The van der Waals surface area contributed by atoms with Crippen LogP contribution in [0.5, 0.6) is 11.5 Å². The average molecular weight is 360 g/mol. The first-order valence-electron chi connectivity index (χ1n) is 6.73. The topological polar surface area (TPSA) is 61.5 Å². The molecular formula is C14H9F5N4O2. The van der Waals surface area contributed by atoms with Crippen molar-refractivity contribution in [3.63, 3.8) is 0 Å². The van der Waals surface area contributed by atoms with Crippen LogP contribution in [-0.2, 0) is 0 Å². The quantitative estimate of drug-likeness (QED) is 0.665. The van der Waals surface area contributed by atoms with Crippen LogP contribution < -0.4 is 9.47 Å². The van der Waals surface area contributed by atoms with E-state index in [-0.39, 0.29) is 22.7 Å². The number of methoxy groups -OCH3 is 1. The number of ether oxygens (including phenoxy) is 2. The molecule has 132 valence electrons. The molecule has 1 aromatic carbocycles. The summed E-state index contributed by atoms with van der Waals surface area (Å²) in [5, 5.41) is 10.9. The molecule has 0 aliphatic rings. The maximum absolute atomic E-state index is 12.9. The van der Waals surface area contributed by atoms with E-state index < -0.39 is 24.4 Å². The second-order valence-corrected chi connectivity index (χ2v) is 4.76. The van der Waals surface area contributed by atoms with Gasteiger partial charge in [-0.3, -0.25) is 0 Å². The molecule has 0 unspecified atom stereocenters. The van der Waals surface area contributed by atoms with E-state index in [4.69, 9.17) is 4.74 Å². The van der Waals surface area contributed by atoms with Crippen molar-refractivity contribution in [3.05, 3.63) is 36.2 Å². The highest BCUT2D eigenvalue weighted by atomic mass is 19.4. The fourth-order valence-corrected chi connectivity index (χ4v) is 2.17. The van der Waals surface area contributed by atoms with Crippen molar-refractivity contribution in [3.8, 4) is 22.8 Å². The van der Waals surface area contributed by atoms with Gasteiger partial charge in [0.1, 0.15) is 11.5 Å². The lowest BCUT2D eigenvalue weighted by Crippen LogP contribution is -2.17. The largest absolute Gasteiger partial charge is 0.573 e. The first-order valence-corrected chi connectivity index (χ1v) is 6.73. The summed E-state index contributed by atoms with van der Waals surface area (Å²) in [6.45, 7) is 0. The molecular weight excluding hydrogens is 351 g/mol. The van der Waals surface area contributed by atoms with Crippen molar-refractivity contribution in [1.82, 2.24) is 19.8 Å². The van der Waals surface area contributed by atoms with Crippen molar-refractivity contribution in [2.75, 3.05) is 7.11 Å². The molecule has 0 fully saturated rings. The van der Waals surface area contributed by atoms with E-state index in [1.165, 1.54) is 25.3 Å². The predicted molar refractivity (Wildman–Crippen MR) is 74.4 cm³/mol. The van der Waals surface area contributed by atoms with Crippen molar-refractivity contribution < 1.29 is 31.4 Å². The van der Waals surface area contributed by atoms with Gasteiger partial charge in [-0.2, -0.15) is 9.61 Å². The zero-order chi connectivity index (χ0) is 18.2. The third-order valence-corrected chi connectivity index (χ3v) is 3.16. The van der Waals surface area contributed by atoms with Gasteiger partial charge in [-0.05, 0) is 24.3 Å².